The van der Waals surface area contributed by atoms with Crippen molar-refractivity contribution in [1.29, 1.82) is 5.26 Å². The van der Waals surface area contributed by atoms with Crippen LogP contribution in [-0.2, 0) is 23.8 Å². The minimum atomic E-state index is -2.09. The summed E-state index contributed by atoms with van der Waals surface area (Å²) in [6.45, 7) is 3.30. The van der Waals surface area contributed by atoms with Crippen LogP contribution in [-0.4, -0.2) is 55.4 Å². The highest BCUT2D eigenvalue weighted by Gasteiger charge is 2.44. The second kappa shape index (κ2) is 11.6. The summed E-state index contributed by atoms with van der Waals surface area (Å²) in [7, 11) is 0.0963. The lowest BCUT2D eigenvalue weighted by Gasteiger charge is -2.36. The molecule has 0 aliphatic carbocycles. The van der Waals surface area contributed by atoms with Crippen LogP contribution in [0.3, 0.4) is 0 Å². The van der Waals surface area contributed by atoms with Crippen LogP contribution in [0, 0.1) is 11.3 Å². The summed E-state index contributed by atoms with van der Waals surface area (Å²) in [5.41, 5.74) is 5.73. The number of carbonyl (C=O) groups excluding carboxylic acids is 3. The first kappa shape index (κ1) is 28.0. The summed E-state index contributed by atoms with van der Waals surface area (Å²) < 4.78 is 15.2. The van der Waals surface area contributed by atoms with Gasteiger partial charge in [-0.3, -0.25) is 4.90 Å². The van der Waals surface area contributed by atoms with Gasteiger partial charge in [-0.05, 0) is 31.5 Å². The third-order valence-electron chi connectivity index (χ3n) is 5.74. The molecule has 2 aromatic carbocycles. The third-order valence-corrected chi connectivity index (χ3v) is 5.74. The fourth-order valence-corrected chi connectivity index (χ4v) is 4.13. The predicted octanol–water partition coefficient (Wildman–Crippen LogP) is 0.829. The number of carbonyl (C=O) groups is 3. The van der Waals surface area contributed by atoms with Crippen molar-refractivity contribution >= 4 is 36.2 Å². The minimum absolute atomic E-state index is 0.0153. The lowest BCUT2D eigenvalue weighted by molar-refractivity contribution is -0.139. The van der Waals surface area contributed by atoms with Gasteiger partial charge in [0.2, 0.25) is 0 Å². The summed E-state index contributed by atoms with van der Waals surface area (Å²) in [5.74, 6) is -4.13. The first-order valence-electron chi connectivity index (χ1n) is 11.4. The van der Waals surface area contributed by atoms with Gasteiger partial charge in [0, 0.05) is 11.2 Å². The van der Waals surface area contributed by atoms with Crippen molar-refractivity contribution in [2.45, 2.75) is 25.9 Å². The zero-order chi connectivity index (χ0) is 28.1. The molecule has 0 bridgehead atoms. The van der Waals surface area contributed by atoms with Crippen molar-refractivity contribution in [3.8, 4) is 6.07 Å². The SMILES string of the molecule is COC(=O)C1=C(C(=O)OC)N(c2cc(C(=O)OC(C)C)ccc2B(O)O)C(N)=C(C#N)C1c1ccccc1. The number of esters is 3. The monoisotopic (exact) mass is 519 g/mol. The Labute approximate surface area is 219 Å². The van der Waals surface area contributed by atoms with Gasteiger partial charge >= 0.3 is 25.0 Å². The maximum Gasteiger partial charge on any atom is 0.490 e. The highest BCUT2D eigenvalue weighted by Crippen LogP contribution is 2.43. The normalized spacial score (nSPS) is 15.2. The molecule has 0 radical (unpaired) electrons. The minimum Gasteiger partial charge on any atom is -0.466 e. The Kier molecular flexibility index (Phi) is 8.57. The van der Waals surface area contributed by atoms with E-state index in [0.29, 0.717) is 5.56 Å². The number of benzene rings is 2. The van der Waals surface area contributed by atoms with Crippen LogP contribution in [0.1, 0.15) is 35.7 Å². The molecule has 2 aromatic rings. The van der Waals surface area contributed by atoms with E-state index in [2.05, 4.69) is 0 Å². The second-order valence-corrected chi connectivity index (χ2v) is 8.44. The molecule has 12 heteroatoms. The number of methoxy groups -OCH3 is 2. The van der Waals surface area contributed by atoms with Crippen LogP contribution in [0.5, 0.6) is 0 Å². The number of ether oxygens (including phenoxy) is 3. The maximum atomic E-state index is 13.2. The largest absolute Gasteiger partial charge is 0.490 e. The Morgan fingerprint density at radius 1 is 1.03 bits per heavy atom. The van der Waals surface area contributed by atoms with Crippen LogP contribution in [0.15, 0.2) is 71.2 Å². The molecule has 4 N–H and O–H groups in total. The number of nitriles is 1. The molecule has 3 rings (SSSR count). The molecule has 1 unspecified atom stereocenters. The van der Waals surface area contributed by atoms with Gasteiger partial charge in [0.25, 0.3) is 0 Å². The second-order valence-electron chi connectivity index (χ2n) is 8.44. The predicted molar refractivity (Wildman–Crippen MR) is 136 cm³/mol. The van der Waals surface area contributed by atoms with E-state index in [0.717, 1.165) is 19.1 Å². The highest BCUT2D eigenvalue weighted by atomic mass is 16.5. The topological polar surface area (TPSA) is 172 Å². The zero-order valence-electron chi connectivity index (χ0n) is 21.2. The molecule has 0 saturated carbocycles. The highest BCUT2D eigenvalue weighted by molar-refractivity contribution is 6.60. The lowest BCUT2D eigenvalue weighted by atomic mass is 9.76. The molecule has 38 heavy (non-hydrogen) atoms. The van der Waals surface area contributed by atoms with E-state index in [-0.39, 0.29) is 33.7 Å². The summed E-state index contributed by atoms with van der Waals surface area (Å²) in [6, 6.07) is 14.1. The Morgan fingerprint density at radius 2 is 1.66 bits per heavy atom. The first-order chi connectivity index (χ1) is 18.1. The summed E-state index contributed by atoms with van der Waals surface area (Å²) in [6.07, 6.45) is -0.456. The van der Waals surface area contributed by atoms with Gasteiger partial charge in [0.1, 0.15) is 11.5 Å². The van der Waals surface area contributed by atoms with E-state index in [1.807, 2.05) is 6.07 Å². The Hall–Kier alpha value is -4.60. The number of hydrogen-bond donors (Lipinski definition) is 3. The molecule has 196 valence electrons. The molecular formula is C26H26BN3O8. The molecule has 11 nitrogen and oxygen atoms in total. The molecule has 0 aromatic heterocycles. The number of hydrogen-bond acceptors (Lipinski definition) is 11. The van der Waals surface area contributed by atoms with Crippen molar-refractivity contribution in [1.82, 2.24) is 0 Å². The van der Waals surface area contributed by atoms with Crippen LogP contribution in [0.4, 0.5) is 5.69 Å². The standard InChI is InChI=1S/C26H26BN3O8/c1-14(2)38-24(31)16-10-11-18(27(34)35)19(12-16)30-22(26(33)37-4)21(25(32)36-3)20(17(13-28)23(30)29)15-8-6-5-7-9-15/h5-12,14,20,34-35H,29H2,1-4H3. The fraction of sp³-hybridized carbons (Fsp3) is 0.231. The number of allylic oxidation sites excluding steroid dienone is 1. The van der Waals surface area contributed by atoms with Crippen molar-refractivity contribution < 1.29 is 38.6 Å². The molecule has 1 aliphatic heterocycles. The molecule has 1 atom stereocenters. The summed E-state index contributed by atoms with van der Waals surface area (Å²) in [5, 5.41) is 30.4. The number of nitrogens with two attached hydrogens (primary N) is 1. The Morgan fingerprint density at radius 3 is 2.18 bits per heavy atom. The maximum absolute atomic E-state index is 13.2. The quantitative estimate of drug-likeness (QED) is 0.269. The van der Waals surface area contributed by atoms with Gasteiger partial charge in [-0.2, -0.15) is 5.26 Å². The fourth-order valence-electron chi connectivity index (χ4n) is 4.13. The average molecular weight is 519 g/mol. The van der Waals surface area contributed by atoms with Crippen LogP contribution >= 0.6 is 0 Å². The smallest absolute Gasteiger partial charge is 0.466 e. The molecular weight excluding hydrogens is 493 g/mol. The van der Waals surface area contributed by atoms with Gasteiger partial charge in [-0.25, -0.2) is 14.4 Å². The van der Waals surface area contributed by atoms with Gasteiger partial charge in [0.15, 0.2) is 0 Å². The van der Waals surface area contributed by atoms with Crippen molar-refractivity contribution in [3.05, 3.63) is 82.3 Å². The van der Waals surface area contributed by atoms with E-state index in [9.17, 15) is 29.7 Å². The van der Waals surface area contributed by atoms with Crippen molar-refractivity contribution in [2.24, 2.45) is 5.73 Å². The molecule has 0 saturated heterocycles. The van der Waals surface area contributed by atoms with E-state index in [1.54, 1.807) is 44.2 Å². The lowest BCUT2D eigenvalue weighted by Crippen LogP contribution is -2.45. The average Bonchev–Trinajstić information content (AvgIpc) is 2.91. The van der Waals surface area contributed by atoms with Crippen molar-refractivity contribution in [3.63, 3.8) is 0 Å². The Bertz CT molecular complexity index is 1360. The van der Waals surface area contributed by atoms with E-state index < -0.39 is 42.7 Å². The van der Waals surface area contributed by atoms with Gasteiger partial charge in [-0.1, -0.05) is 36.4 Å². The molecule has 1 aliphatic rings. The Balaban J connectivity index is 2.45. The van der Waals surface area contributed by atoms with Crippen LogP contribution in [0.2, 0.25) is 0 Å². The van der Waals surface area contributed by atoms with Gasteiger partial charge in [-0.15, -0.1) is 0 Å². The number of nitrogens with zero attached hydrogens (tertiary/aromatic N) is 2. The van der Waals surface area contributed by atoms with E-state index in [1.165, 1.54) is 18.2 Å². The number of anilines is 1. The third kappa shape index (κ3) is 5.24. The van der Waals surface area contributed by atoms with Crippen molar-refractivity contribution in [2.75, 3.05) is 19.1 Å². The number of rotatable bonds is 7. The molecule has 0 spiro atoms. The van der Waals surface area contributed by atoms with E-state index in [4.69, 9.17) is 19.9 Å². The van der Waals surface area contributed by atoms with Crippen LogP contribution in [0.25, 0.3) is 0 Å². The zero-order valence-corrected chi connectivity index (χ0v) is 21.2. The molecule has 1 heterocycles. The summed E-state index contributed by atoms with van der Waals surface area (Å²) >= 11 is 0. The van der Waals surface area contributed by atoms with E-state index >= 15 is 0 Å². The summed E-state index contributed by atoms with van der Waals surface area (Å²) in [4.78, 5) is 40.1. The van der Waals surface area contributed by atoms with Gasteiger partial charge < -0.3 is 30.0 Å². The first-order valence-corrected chi connectivity index (χ1v) is 11.4. The molecule has 0 amide bonds. The van der Waals surface area contributed by atoms with Crippen LogP contribution < -0.4 is 16.1 Å². The van der Waals surface area contributed by atoms with Gasteiger partial charge in [0.05, 0.1) is 49.0 Å². The molecule has 0 fully saturated rings.